The summed E-state index contributed by atoms with van der Waals surface area (Å²) in [6.45, 7) is 3.61. The van der Waals surface area contributed by atoms with Crippen molar-refractivity contribution < 1.29 is 8.42 Å². The number of nitrogens with one attached hydrogen (secondary N) is 1. The van der Waals surface area contributed by atoms with E-state index >= 15 is 0 Å². The molecule has 0 bridgehead atoms. The highest BCUT2D eigenvalue weighted by Crippen LogP contribution is 2.21. The molecule has 1 aromatic rings. The summed E-state index contributed by atoms with van der Waals surface area (Å²) in [7, 11) is -1.40. The Morgan fingerprint density at radius 2 is 1.82 bits per heavy atom. The van der Waals surface area contributed by atoms with Crippen LogP contribution in [0.4, 0.5) is 0 Å². The summed E-state index contributed by atoms with van der Waals surface area (Å²) < 4.78 is 26.6. The van der Waals surface area contributed by atoms with E-state index in [9.17, 15) is 8.42 Å². The van der Waals surface area contributed by atoms with Crippen LogP contribution < -0.4 is 5.32 Å². The van der Waals surface area contributed by atoms with Crippen molar-refractivity contribution in [2.75, 3.05) is 57.0 Å². The van der Waals surface area contributed by atoms with Gasteiger partial charge >= 0.3 is 0 Å². The molecule has 0 aliphatic carbocycles. The lowest BCUT2D eigenvalue weighted by molar-refractivity contribution is 0.259. The number of aliphatic imine (C=N–C) groups is 1. The monoisotopic (exact) mass is 424 g/mol. The van der Waals surface area contributed by atoms with Crippen molar-refractivity contribution in [3.63, 3.8) is 0 Å². The van der Waals surface area contributed by atoms with E-state index in [1.165, 1.54) is 5.56 Å². The first-order valence-corrected chi connectivity index (χ1v) is 12.9. The van der Waals surface area contributed by atoms with Crippen molar-refractivity contribution in [1.29, 1.82) is 0 Å². The van der Waals surface area contributed by atoms with Crippen LogP contribution in [0.5, 0.6) is 0 Å². The molecule has 0 saturated carbocycles. The van der Waals surface area contributed by atoms with Crippen molar-refractivity contribution in [3.8, 4) is 0 Å². The Hall–Kier alpha value is -1.25. The molecular weight excluding hydrogens is 392 g/mol. The lowest BCUT2D eigenvalue weighted by Crippen LogP contribution is -2.48. The van der Waals surface area contributed by atoms with Gasteiger partial charge in [-0.15, -0.1) is 0 Å². The number of piperidine rings is 1. The first-order chi connectivity index (χ1) is 13.6. The van der Waals surface area contributed by atoms with E-state index in [-0.39, 0.29) is 5.75 Å². The number of nitrogens with zero attached hydrogens (tertiary/aromatic N) is 3. The maximum absolute atomic E-state index is 12.5. The summed E-state index contributed by atoms with van der Waals surface area (Å²) in [4.78, 5) is 6.63. The Bertz CT molecular complexity index is 726. The highest BCUT2D eigenvalue weighted by molar-refractivity contribution is 7.99. The molecule has 28 heavy (non-hydrogen) atoms. The van der Waals surface area contributed by atoms with Gasteiger partial charge in [0, 0.05) is 51.3 Å². The lowest BCUT2D eigenvalue weighted by atomic mass is 9.90. The Labute approximate surface area is 173 Å². The van der Waals surface area contributed by atoms with Gasteiger partial charge in [-0.3, -0.25) is 4.99 Å². The summed E-state index contributed by atoms with van der Waals surface area (Å²) in [5.41, 5.74) is 1.41. The summed E-state index contributed by atoms with van der Waals surface area (Å²) in [5.74, 6) is 3.44. The van der Waals surface area contributed by atoms with Crippen LogP contribution in [0.1, 0.15) is 18.4 Å². The summed E-state index contributed by atoms with van der Waals surface area (Å²) in [5, 5.41) is 3.26. The highest BCUT2D eigenvalue weighted by atomic mass is 32.2. The predicted octanol–water partition coefficient (Wildman–Crippen LogP) is 1.90. The van der Waals surface area contributed by atoms with E-state index in [2.05, 4.69) is 45.5 Å². The molecule has 3 rings (SSSR count). The highest BCUT2D eigenvalue weighted by Gasteiger charge is 2.25. The molecule has 2 saturated heterocycles. The quantitative estimate of drug-likeness (QED) is 0.558. The molecule has 0 aromatic heterocycles. The number of hydrogen-bond donors (Lipinski definition) is 1. The maximum Gasteiger partial charge on any atom is 0.215 e. The minimum absolute atomic E-state index is 0.126. The molecular formula is C20H32N4O2S2. The molecule has 1 N–H and O–H groups in total. The zero-order chi connectivity index (χ0) is 19.8. The third kappa shape index (κ3) is 6.12. The van der Waals surface area contributed by atoms with E-state index in [1.54, 1.807) is 11.4 Å². The van der Waals surface area contributed by atoms with Crippen LogP contribution in [0.2, 0.25) is 0 Å². The van der Waals surface area contributed by atoms with Crippen molar-refractivity contribution in [1.82, 2.24) is 14.5 Å². The van der Waals surface area contributed by atoms with Crippen LogP contribution >= 0.6 is 11.8 Å². The van der Waals surface area contributed by atoms with Crippen LogP contribution in [-0.4, -0.2) is 80.6 Å². The molecule has 0 radical (unpaired) electrons. The molecule has 0 atom stereocenters. The van der Waals surface area contributed by atoms with E-state index in [4.69, 9.17) is 0 Å². The van der Waals surface area contributed by atoms with Crippen LogP contribution in [0.3, 0.4) is 0 Å². The zero-order valence-electron chi connectivity index (χ0n) is 16.7. The summed E-state index contributed by atoms with van der Waals surface area (Å²) in [6.07, 6.45) is 3.41. The molecule has 156 valence electrons. The number of sulfonamides is 1. The van der Waals surface area contributed by atoms with Gasteiger partial charge in [0.15, 0.2) is 5.96 Å². The number of thioether (sulfide) groups is 1. The summed E-state index contributed by atoms with van der Waals surface area (Å²) >= 11 is 1.82. The molecule has 0 amide bonds. The summed E-state index contributed by atoms with van der Waals surface area (Å²) in [6, 6.07) is 10.7. The fourth-order valence-electron chi connectivity index (χ4n) is 3.87. The number of likely N-dealkylation sites (tertiary alicyclic amines) is 1. The number of rotatable bonds is 6. The Morgan fingerprint density at radius 3 is 2.46 bits per heavy atom. The van der Waals surface area contributed by atoms with E-state index in [0.29, 0.717) is 25.6 Å². The second-order valence-electron chi connectivity index (χ2n) is 7.42. The lowest BCUT2D eigenvalue weighted by Gasteiger charge is -2.34. The molecule has 2 fully saturated rings. The van der Waals surface area contributed by atoms with E-state index < -0.39 is 10.0 Å². The Kier molecular flexibility index (Phi) is 8.05. The molecule has 6 nitrogen and oxygen atoms in total. The number of hydrogen-bond acceptors (Lipinski definition) is 4. The van der Waals surface area contributed by atoms with Crippen molar-refractivity contribution in [2.45, 2.75) is 19.3 Å². The molecule has 0 unspecified atom stereocenters. The van der Waals surface area contributed by atoms with Crippen LogP contribution in [0.25, 0.3) is 0 Å². The van der Waals surface area contributed by atoms with Gasteiger partial charge in [-0.2, -0.15) is 11.8 Å². The second kappa shape index (κ2) is 10.5. The maximum atomic E-state index is 12.5. The fourth-order valence-corrected chi connectivity index (χ4v) is 6.37. The van der Waals surface area contributed by atoms with Gasteiger partial charge in [-0.05, 0) is 30.7 Å². The topological polar surface area (TPSA) is 65.0 Å². The largest absolute Gasteiger partial charge is 0.355 e. The number of guanidine groups is 1. The van der Waals surface area contributed by atoms with Crippen LogP contribution in [0, 0.1) is 5.92 Å². The smallest absolute Gasteiger partial charge is 0.215 e. The SMILES string of the molecule is CN=C(NCCS(=O)(=O)N1CCSCC1)N1CCC(Cc2ccccc2)CC1. The van der Waals surface area contributed by atoms with Gasteiger partial charge in [0.25, 0.3) is 0 Å². The van der Waals surface area contributed by atoms with Crippen molar-refractivity contribution in [3.05, 3.63) is 35.9 Å². The first-order valence-electron chi connectivity index (χ1n) is 10.1. The van der Waals surface area contributed by atoms with Gasteiger partial charge in [0.1, 0.15) is 0 Å². The first kappa shape index (κ1) is 21.5. The van der Waals surface area contributed by atoms with Gasteiger partial charge in [-0.25, -0.2) is 12.7 Å². The molecule has 2 aliphatic rings. The second-order valence-corrected chi connectivity index (χ2v) is 10.7. The molecule has 8 heteroatoms. The molecule has 2 aliphatic heterocycles. The standard InChI is InChI=1S/C20H32N4O2S2/c1-21-20(22-9-16-28(25,26)24-12-14-27-15-13-24)23-10-7-19(8-11-23)17-18-5-3-2-4-6-18/h2-6,19H,7-17H2,1H3,(H,21,22). The van der Waals surface area contributed by atoms with Crippen LogP contribution in [-0.2, 0) is 16.4 Å². The van der Waals surface area contributed by atoms with Crippen molar-refractivity contribution >= 4 is 27.7 Å². The third-order valence-corrected chi connectivity index (χ3v) is 8.31. The fraction of sp³-hybridized carbons (Fsp3) is 0.650. The average molecular weight is 425 g/mol. The zero-order valence-corrected chi connectivity index (χ0v) is 18.3. The van der Waals surface area contributed by atoms with Gasteiger partial charge < -0.3 is 10.2 Å². The molecule has 0 spiro atoms. The van der Waals surface area contributed by atoms with Crippen molar-refractivity contribution in [2.24, 2.45) is 10.9 Å². The minimum atomic E-state index is -3.18. The Balaban J connectivity index is 1.42. The van der Waals surface area contributed by atoms with Gasteiger partial charge in [0.2, 0.25) is 10.0 Å². The number of benzene rings is 1. The van der Waals surface area contributed by atoms with Gasteiger partial charge in [0.05, 0.1) is 5.75 Å². The minimum Gasteiger partial charge on any atom is -0.355 e. The van der Waals surface area contributed by atoms with E-state index in [0.717, 1.165) is 49.8 Å². The van der Waals surface area contributed by atoms with E-state index in [1.807, 2.05) is 11.8 Å². The normalized spacial score (nSPS) is 20.3. The Morgan fingerprint density at radius 1 is 1.14 bits per heavy atom. The third-order valence-electron chi connectivity index (χ3n) is 5.50. The van der Waals surface area contributed by atoms with Gasteiger partial charge in [-0.1, -0.05) is 30.3 Å². The van der Waals surface area contributed by atoms with Crippen LogP contribution in [0.15, 0.2) is 35.3 Å². The predicted molar refractivity (Wildman–Crippen MR) is 118 cm³/mol. The molecule has 1 aromatic carbocycles. The molecule has 2 heterocycles. The average Bonchev–Trinajstić information content (AvgIpc) is 2.73.